The van der Waals surface area contributed by atoms with Crippen molar-refractivity contribution < 1.29 is 19.0 Å². The first-order valence-electron chi connectivity index (χ1n) is 6.53. The molecule has 1 aromatic rings. The van der Waals surface area contributed by atoms with E-state index in [0.29, 0.717) is 12.0 Å². The smallest absolute Gasteiger partial charge is 0.251 e. The largest absolute Gasteiger partial charge is 0.494 e. The van der Waals surface area contributed by atoms with E-state index in [4.69, 9.17) is 4.74 Å². The van der Waals surface area contributed by atoms with Gasteiger partial charge in [-0.05, 0) is 30.0 Å². The third-order valence-corrected chi connectivity index (χ3v) is 2.76. The van der Waals surface area contributed by atoms with E-state index in [2.05, 4.69) is 5.32 Å². The second-order valence-electron chi connectivity index (χ2n) is 5.98. The lowest BCUT2D eigenvalue weighted by atomic mass is 9.89. The molecule has 0 radical (unpaired) electrons. The molecular formula is C15H22FNO3. The number of hydrogen-bond donors (Lipinski definition) is 2. The van der Waals surface area contributed by atoms with Gasteiger partial charge in [0.25, 0.3) is 5.91 Å². The van der Waals surface area contributed by atoms with Gasteiger partial charge in [-0.3, -0.25) is 4.79 Å². The normalized spacial score (nSPS) is 12.9. The Morgan fingerprint density at radius 3 is 2.65 bits per heavy atom. The first-order chi connectivity index (χ1) is 9.23. The second kappa shape index (κ2) is 6.70. The Morgan fingerprint density at radius 1 is 1.45 bits per heavy atom. The van der Waals surface area contributed by atoms with Gasteiger partial charge < -0.3 is 15.2 Å². The van der Waals surface area contributed by atoms with Gasteiger partial charge in [0.2, 0.25) is 0 Å². The summed E-state index contributed by atoms with van der Waals surface area (Å²) in [6.07, 6.45) is -0.0266. The summed E-state index contributed by atoms with van der Waals surface area (Å²) < 4.78 is 18.1. The Balaban J connectivity index is 2.59. The number of benzene rings is 1. The zero-order chi connectivity index (χ0) is 15.3. The number of amides is 1. The van der Waals surface area contributed by atoms with Gasteiger partial charge in [0, 0.05) is 12.1 Å². The molecule has 0 heterocycles. The first-order valence-corrected chi connectivity index (χ1v) is 6.53. The Hall–Kier alpha value is -1.62. The minimum Gasteiger partial charge on any atom is -0.494 e. The van der Waals surface area contributed by atoms with Crippen molar-refractivity contribution in [1.82, 2.24) is 5.32 Å². The number of nitrogens with one attached hydrogen (secondary N) is 1. The lowest BCUT2D eigenvalue weighted by Crippen LogP contribution is -2.34. The van der Waals surface area contributed by atoms with Crippen molar-refractivity contribution in [3.05, 3.63) is 29.6 Å². The molecule has 1 rings (SSSR count). The minimum absolute atomic E-state index is 0.0107. The van der Waals surface area contributed by atoms with Crippen LogP contribution in [0.1, 0.15) is 37.6 Å². The van der Waals surface area contributed by atoms with Gasteiger partial charge in [0.05, 0.1) is 13.2 Å². The van der Waals surface area contributed by atoms with Crippen LogP contribution in [-0.2, 0) is 0 Å². The van der Waals surface area contributed by atoms with E-state index in [0.717, 1.165) is 0 Å². The monoisotopic (exact) mass is 283 g/mol. The van der Waals surface area contributed by atoms with Crippen LogP contribution in [0.25, 0.3) is 0 Å². The summed E-state index contributed by atoms with van der Waals surface area (Å²) in [7, 11) is 1.34. The number of carbonyl (C=O) groups is 1. The van der Waals surface area contributed by atoms with Crippen molar-refractivity contribution in [2.75, 3.05) is 13.7 Å². The van der Waals surface area contributed by atoms with Crippen LogP contribution in [0.15, 0.2) is 18.2 Å². The summed E-state index contributed by atoms with van der Waals surface area (Å²) in [5.41, 5.74) is 0.287. The fourth-order valence-electron chi connectivity index (χ4n) is 1.89. The van der Waals surface area contributed by atoms with Crippen molar-refractivity contribution in [2.24, 2.45) is 5.41 Å². The molecule has 1 amide bonds. The van der Waals surface area contributed by atoms with Crippen molar-refractivity contribution in [3.63, 3.8) is 0 Å². The highest BCUT2D eigenvalue weighted by Crippen LogP contribution is 2.21. The second-order valence-corrected chi connectivity index (χ2v) is 5.98. The lowest BCUT2D eigenvalue weighted by Gasteiger charge is -2.22. The number of aliphatic hydroxyl groups excluding tert-OH is 1. The highest BCUT2D eigenvalue weighted by molar-refractivity contribution is 5.94. The van der Waals surface area contributed by atoms with E-state index >= 15 is 0 Å². The predicted molar refractivity (Wildman–Crippen MR) is 75.4 cm³/mol. The Kier molecular flexibility index (Phi) is 5.51. The molecule has 0 spiro atoms. The molecule has 0 aliphatic carbocycles. The number of methoxy groups -OCH3 is 1. The number of ether oxygens (including phenoxy) is 1. The summed E-state index contributed by atoms with van der Waals surface area (Å²) in [6, 6.07) is 3.89. The Morgan fingerprint density at radius 2 is 2.10 bits per heavy atom. The zero-order valence-electron chi connectivity index (χ0n) is 12.4. The SMILES string of the molecule is COc1cc(C(=O)NCC(O)CC(C)(C)C)ccc1F. The van der Waals surface area contributed by atoms with E-state index in [-0.39, 0.29) is 23.6 Å². The molecule has 0 fully saturated rings. The minimum atomic E-state index is -0.610. The lowest BCUT2D eigenvalue weighted by molar-refractivity contribution is 0.0868. The molecule has 1 aromatic carbocycles. The summed E-state index contributed by atoms with van der Waals surface area (Å²) in [4.78, 5) is 11.9. The fraction of sp³-hybridized carbons (Fsp3) is 0.533. The standard InChI is InChI=1S/C15H22FNO3/c1-15(2,3)8-11(18)9-17-14(19)10-5-6-12(16)13(7-10)20-4/h5-7,11,18H,8-9H2,1-4H3,(H,17,19). The highest BCUT2D eigenvalue weighted by atomic mass is 19.1. The summed E-state index contributed by atoms with van der Waals surface area (Å²) in [6.45, 7) is 6.21. The molecule has 5 heteroatoms. The molecule has 112 valence electrons. The maximum atomic E-state index is 13.2. The van der Waals surface area contributed by atoms with Gasteiger partial charge in [-0.1, -0.05) is 20.8 Å². The van der Waals surface area contributed by atoms with Crippen LogP contribution in [0.3, 0.4) is 0 Å². The number of hydrogen-bond acceptors (Lipinski definition) is 3. The van der Waals surface area contributed by atoms with Crippen LogP contribution in [0.4, 0.5) is 4.39 Å². The topological polar surface area (TPSA) is 58.6 Å². The van der Waals surface area contributed by atoms with E-state index in [1.54, 1.807) is 0 Å². The van der Waals surface area contributed by atoms with Crippen molar-refractivity contribution >= 4 is 5.91 Å². The quantitative estimate of drug-likeness (QED) is 0.872. The van der Waals surface area contributed by atoms with Crippen LogP contribution in [0, 0.1) is 11.2 Å². The van der Waals surface area contributed by atoms with Gasteiger partial charge in [-0.25, -0.2) is 4.39 Å². The predicted octanol–water partition coefficient (Wildman–Crippen LogP) is 2.36. The molecular weight excluding hydrogens is 261 g/mol. The van der Waals surface area contributed by atoms with Crippen molar-refractivity contribution in [2.45, 2.75) is 33.3 Å². The maximum Gasteiger partial charge on any atom is 0.251 e. The van der Waals surface area contributed by atoms with Gasteiger partial charge in [-0.2, -0.15) is 0 Å². The fourth-order valence-corrected chi connectivity index (χ4v) is 1.89. The molecule has 4 nitrogen and oxygen atoms in total. The summed E-state index contributed by atoms with van der Waals surface area (Å²) in [5.74, 6) is -0.860. The van der Waals surface area contributed by atoms with Crippen LogP contribution in [0.2, 0.25) is 0 Å². The van der Waals surface area contributed by atoms with Gasteiger partial charge >= 0.3 is 0 Å². The van der Waals surface area contributed by atoms with Crippen LogP contribution < -0.4 is 10.1 Å². The molecule has 0 saturated heterocycles. The molecule has 0 aliphatic rings. The van der Waals surface area contributed by atoms with Crippen molar-refractivity contribution in [3.8, 4) is 5.75 Å². The Labute approximate surface area is 119 Å². The molecule has 1 unspecified atom stereocenters. The molecule has 1 atom stereocenters. The van der Waals surface area contributed by atoms with Crippen molar-refractivity contribution in [1.29, 1.82) is 0 Å². The van der Waals surface area contributed by atoms with Crippen LogP contribution in [0.5, 0.6) is 5.75 Å². The summed E-state index contributed by atoms with van der Waals surface area (Å²) in [5, 5.41) is 12.5. The summed E-state index contributed by atoms with van der Waals surface area (Å²) >= 11 is 0. The molecule has 2 N–H and O–H groups in total. The molecule has 0 aromatic heterocycles. The third-order valence-electron chi connectivity index (χ3n) is 2.76. The maximum absolute atomic E-state index is 13.2. The van der Waals surface area contributed by atoms with Gasteiger partial charge in [-0.15, -0.1) is 0 Å². The molecule has 0 saturated carbocycles. The average molecular weight is 283 g/mol. The highest BCUT2D eigenvalue weighted by Gasteiger charge is 2.18. The molecule has 20 heavy (non-hydrogen) atoms. The van der Waals surface area contributed by atoms with E-state index in [9.17, 15) is 14.3 Å². The zero-order valence-corrected chi connectivity index (χ0v) is 12.4. The van der Waals surface area contributed by atoms with E-state index < -0.39 is 11.9 Å². The number of rotatable bonds is 5. The third kappa shape index (κ3) is 5.17. The van der Waals surface area contributed by atoms with E-state index in [1.807, 2.05) is 20.8 Å². The Bertz CT molecular complexity index is 469. The number of carbonyl (C=O) groups excluding carboxylic acids is 1. The van der Waals surface area contributed by atoms with Gasteiger partial charge in [0.1, 0.15) is 0 Å². The van der Waals surface area contributed by atoms with E-state index in [1.165, 1.54) is 25.3 Å². The van der Waals surface area contributed by atoms with Gasteiger partial charge in [0.15, 0.2) is 11.6 Å². The van der Waals surface area contributed by atoms with Crippen LogP contribution in [-0.4, -0.2) is 30.8 Å². The number of halogens is 1. The molecule has 0 aliphatic heterocycles. The van der Waals surface area contributed by atoms with Crippen LogP contribution >= 0.6 is 0 Å². The number of aliphatic hydroxyl groups is 1. The molecule has 0 bridgehead atoms. The average Bonchev–Trinajstić information content (AvgIpc) is 2.34. The first kappa shape index (κ1) is 16.4.